The molecule has 3 heteroatoms. The zero-order valence-electron chi connectivity index (χ0n) is 7.28. The molecule has 0 aliphatic carbocycles. The van der Waals surface area contributed by atoms with Crippen LogP contribution < -0.4 is 4.74 Å². The maximum Gasteiger partial charge on any atom is 0.137 e. The van der Waals surface area contributed by atoms with E-state index in [1.165, 1.54) is 0 Å². The van der Waals surface area contributed by atoms with Gasteiger partial charge in [-0.25, -0.2) is 4.98 Å². The number of aromatic nitrogens is 1. The summed E-state index contributed by atoms with van der Waals surface area (Å²) in [6, 6.07) is 3.52. The number of ether oxygens (including phenoxy) is 1. The molecule has 0 radical (unpaired) electrons. The van der Waals surface area contributed by atoms with Crippen LogP contribution in [-0.2, 0) is 4.79 Å². The molecule has 0 unspecified atom stereocenters. The molecule has 1 aromatic heterocycles. The minimum atomic E-state index is 0.244. The normalized spacial score (nSPS) is 8.38. The van der Waals surface area contributed by atoms with Gasteiger partial charge in [0.05, 0.1) is 19.7 Å². The van der Waals surface area contributed by atoms with Gasteiger partial charge < -0.3 is 9.53 Å². The van der Waals surface area contributed by atoms with Gasteiger partial charge in [0, 0.05) is 0 Å². The van der Waals surface area contributed by atoms with E-state index in [9.17, 15) is 4.79 Å². The number of carbonyl (C=O) groups is 1. The molecule has 1 heterocycles. The number of aldehydes is 1. The first kappa shape index (κ1) is 9.27. The minimum absolute atomic E-state index is 0.244. The Hall–Kier alpha value is -1.82. The number of pyridine rings is 1. The van der Waals surface area contributed by atoms with Crippen molar-refractivity contribution in [3.63, 3.8) is 0 Å². The van der Waals surface area contributed by atoms with Gasteiger partial charge in [-0.1, -0.05) is 5.92 Å². The van der Waals surface area contributed by atoms with E-state index < -0.39 is 0 Å². The Morgan fingerprint density at radius 2 is 2.46 bits per heavy atom. The van der Waals surface area contributed by atoms with Crippen molar-refractivity contribution in [3.8, 4) is 17.6 Å². The van der Waals surface area contributed by atoms with E-state index >= 15 is 0 Å². The molecule has 0 saturated carbocycles. The highest BCUT2D eigenvalue weighted by molar-refractivity contribution is 5.54. The summed E-state index contributed by atoms with van der Waals surface area (Å²) in [5, 5.41) is 0. The Kier molecular flexibility index (Phi) is 3.52. The van der Waals surface area contributed by atoms with Gasteiger partial charge >= 0.3 is 0 Å². The van der Waals surface area contributed by atoms with Crippen LogP contribution in [0.2, 0.25) is 0 Å². The second kappa shape index (κ2) is 4.94. The van der Waals surface area contributed by atoms with E-state index in [4.69, 9.17) is 4.74 Å². The van der Waals surface area contributed by atoms with Gasteiger partial charge in [0.25, 0.3) is 0 Å². The fourth-order valence-corrected chi connectivity index (χ4v) is 0.758. The van der Waals surface area contributed by atoms with Crippen LogP contribution in [0.1, 0.15) is 12.1 Å². The van der Waals surface area contributed by atoms with Crippen LogP contribution >= 0.6 is 0 Å². The summed E-state index contributed by atoms with van der Waals surface area (Å²) in [6.45, 7) is 0. The van der Waals surface area contributed by atoms with Crippen molar-refractivity contribution >= 4 is 6.29 Å². The molecule has 0 aliphatic rings. The third-order valence-corrected chi connectivity index (χ3v) is 1.37. The maximum absolute atomic E-state index is 9.95. The zero-order chi connectivity index (χ0) is 9.52. The van der Waals surface area contributed by atoms with Gasteiger partial charge in [0.15, 0.2) is 0 Å². The molecule has 0 amide bonds. The van der Waals surface area contributed by atoms with Crippen molar-refractivity contribution in [2.24, 2.45) is 0 Å². The summed E-state index contributed by atoms with van der Waals surface area (Å²) in [6.07, 6.45) is 2.59. The summed E-state index contributed by atoms with van der Waals surface area (Å²) < 4.78 is 4.93. The monoisotopic (exact) mass is 175 g/mol. The molecule has 1 rings (SSSR count). The SMILES string of the molecule is COc1ccc(C#CCC=O)nc1. The number of carbonyl (C=O) groups excluding carboxylic acids is 1. The average molecular weight is 175 g/mol. The quantitative estimate of drug-likeness (QED) is 0.497. The summed E-state index contributed by atoms with van der Waals surface area (Å²) in [5.74, 6) is 6.11. The lowest BCUT2D eigenvalue weighted by atomic mass is 10.3. The van der Waals surface area contributed by atoms with Crippen LogP contribution in [0.3, 0.4) is 0 Å². The summed E-state index contributed by atoms with van der Waals surface area (Å²) >= 11 is 0. The molecule has 0 N–H and O–H groups in total. The van der Waals surface area contributed by atoms with E-state index in [0.29, 0.717) is 11.4 Å². The lowest BCUT2D eigenvalue weighted by Gasteiger charge is -1.96. The Morgan fingerprint density at radius 3 is 3.00 bits per heavy atom. The van der Waals surface area contributed by atoms with E-state index in [0.717, 1.165) is 6.29 Å². The van der Waals surface area contributed by atoms with Crippen molar-refractivity contribution in [2.75, 3.05) is 7.11 Å². The Labute approximate surface area is 76.8 Å². The molecule has 0 bridgehead atoms. The molecule has 0 spiro atoms. The summed E-state index contributed by atoms with van der Waals surface area (Å²) in [7, 11) is 1.58. The zero-order valence-corrected chi connectivity index (χ0v) is 7.28. The summed E-state index contributed by atoms with van der Waals surface area (Å²) in [4.78, 5) is 14.0. The van der Waals surface area contributed by atoms with Gasteiger partial charge in [0.1, 0.15) is 17.7 Å². The maximum atomic E-state index is 9.95. The van der Waals surface area contributed by atoms with E-state index in [2.05, 4.69) is 16.8 Å². The molecule has 0 saturated heterocycles. The Morgan fingerprint density at radius 1 is 1.62 bits per heavy atom. The first-order valence-corrected chi connectivity index (χ1v) is 3.79. The second-order valence-electron chi connectivity index (χ2n) is 2.26. The lowest BCUT2D eigenvalue weighted by Crippen LogP contribution is -1.86. The van der Waals surface area contributed by atoms with Gasteiger partial charge in [0.2, 0.25) is 0 Å². The minimum Gasteiger partial charge on any atom is -0.495 e. The smallest absolute Gasteiger partial charge is 0.137 e. The topological polar surface area (TPSA) is 39.2 Å². The van der Waals surface area contributed by atoms with Gasteiger partial charge in [-0.2, -0.15) is 0 Å². The lowest BCUT2D eigenvalue weighted by molar-refractivity contribution is -0.107. The van der Waals surface area contributed by atoms with Crippen molar-refractivity contribution in [2.45, 2.75) is 6.42 Å². The molecule has 13 heavy (non-hydrogen) atoms. The Bertz CT molecular complexity index is 332. The average Bonchev–Trinajstić information content (AvgIpc) is 2.19. The van der Waals surface area contributed by atoms with Crippen molar-refractivity contribution in [1.29, 1.82) is 0 Å². The molecule has 1 aromatic rings. The first-order chi connectivity index (χ1) is 6.36. The van der Waals surface area contributed by atoms with Gasteiger partial charge in [-0.3, -0.25) is 0 Å². The summed E-state index contributed by atoms with van der Waals surface area (Å²) in [5.41, 5.74) is 0.641. The fraction of sp³-hybridized carbons (Fsp3) is 0.200. The predicted octanol–water partition coefficient (Wildman–Crippen LogP) is 1.03. The number of methoxy groups -OCH3 is 1. The number of rotatable bonds is 2. The third kappa shape index (κ3) is 2.96. The van der Waals surface area contributed by atoms with Crippen LogP contribution in [0.15, 0.2) is 18.3 Å². The van der Waals surface area contributed by atoms with Crippen LogP contribution in [0.25, 0.3) is 0 Å². The van der Waals surface area contributed by atoms with Crippen LogP contribution in [0.4, 0.5) is 0 Å². The highest BCUT2D eigenvalue weighted by Gasteiger charge is 1.90. The van der Waals surface area contributed by atoms with E-state index in [-0.39, 0.29) is 6.42 Å². The molecule has 0 fully saturated rings. The molecule has 0 atom stereocenters. The number of hydrogen-bond acceptors (Lipinski definition) is 3. The second-order valence-corrected chi connectivity index (χ2v) is 2.26. The van der Waals surface area contributed by atoms with Crippen molar-refractivity contribution in [3.05, 3.63) is 24.0 Å². The molecule has 66 valence electrons. The van der Waals surface area contributed by atoms with E-state index in [1.54, 1.807) is 25.4 Å². The Balaban J connectivity index is 2.70. The third-order valence-electron chi connectivity index (χ3n) is 1.37. The molecule has 0 aromatic carbocycles. The first-order valence-electron chi connectivity index (χ1n) is 3.79. The number of nitrogens with zero attached hydrogens (tertiary/aromatic N) is 1. The predicted molar refractivity (Wildman–Crippen MR) is 48.3 cm³/mol. The van der Waals surface area contributed by atoms with Crippen LogP contribution in [0.5, 0.6) is 5.75 Å². The van der Waals surface area contributed by atoms with Crippen molar-refractivity contribution < 1.29 is 9.53 Å². The van der Waals surface area contributed by atoms with Crippen LogP contribution in [-0.4, -0.2) is 18.4 Å². The van der Waals surface area contributed by atoms with Gasteiger partial charge in [-0.05, 0) is 18.1 Å². The fourth-order valence-electron chi connectivity index (χ4n) is 0.758. The number of hydrogen-bond donors (Lipinski definition) is 0. The highest BCUT2D eigenvalue weighted by Crippen LogP contribution is 2.06. The molecule has 3 nitrogen and oxygen atoms in total. The van der Waals surface area contributed by atoms with Crippen molar-refractivity contribution in [1.82, 2.24) is 4.98 Å². The standard InChI is InChI=1S/C10H9NO2/c1-13-10-6-5-9(11-8-10)4-2-3-7-12/h5-8H,3H2,1H3. The molecular weight excluding hydrogens is 166 g/mol. The van der Waals surface area contributed by atoms with E-state index in [1.807, 2.05) is 0 Å². The highest BCUT2D eigenvalue weighted by atomic mass is 16.5. The molecule has 0 aliphatic heterocycles. The molecular formula is C10H9NO2. The van der Waals surface area contributed by atoms with Gasteiger partial charge in [-0.15, -0.1) is 0 Å². The van der Waals surface area contributed by atoms with Crippen LogP contribution in [0, 0.1) is 11.8 Å². The largest absolute Gasteiger partial charge is 0.495 e.